The zero-order chi connectivity index (χ0) is 13.1. The van der Waals surface area contributed by atoms with E-state index in [2.05, 4.69) is 28.7 Å². The molecule has 100 valence electrons. The predicted octanol–water partition coefficient (Wildman–Crippen LogP) is 2.38. The maximum atomic E-state index is 5.78. The van der Waals surface area contributed by atoms with Gasteiger partial charge >= 0.3 is 0 Å². The van der Waals surface area contributed by atoms with Gasteiger partial charge in [0.15, 0.2) is 0 Å². The molecule has 18 heavy (non-hydrogen) atoms. The van der Waals surface area contributed by atoms with Crippen LogP contribution in [-0.2, 0) is 6.54 Å². The fourth-order valence-electron chi connectivity index (χ4n) is 2.16. The molecule has 4 heteroatoms. The van der Waals surface area contributed by atoms with Crippen LogP contribution < -0.4 is 5.73 Å². The molecule has 0 atom stereocenters. The minimum Gasteiger partial charge on any atom is -0.384 e. The molecule has 1 aromatic heterocycles. The van der Waals surface area contributed by atoms with Crippen LogP contribution in [0.4, 0.5) is 5.82 Å². The Morgan fingerprint density at radius 3 is 2.67 bits per heavy atom. The minimum atomic E-state index is 0.581. The van der Waals surface area contributed by atoms with Crippen LogP contribution in [0.15, 0.2) is 6.07 Å². The lowest BCUT2D eigenvalue weighted by molar-refractivity contribution is 0.234. The van der Waals surface area contributed by atoms with Crippen molar-refractivity contribution in [3.63, 3.8) is 0 Å². The van der Waals surface area contributed by atoms with Crippen molar-refractivity contribution >= 4 is 5.82 Å². The SMILES string of the molecule is Cc1cc(N)nc(CN(CCC(C)C)C2CC2)n1. The Kier molecular flexibility index (Phi) is 4.17. The number of anilines is 1. The molecule has 0 aromatic carbocycles. The number of hydrogen-bond acceptors (Lipinski definition) is 4. The molecule has 0 amide bonds. The monoisotopic (exact) mass is 248 g/mol. The average Bonchev–Trinajstić information content (AvgIpc) is 3.06. The quantitative estimate of drug-likeness (QED) is 0.839. The zero-order valence-corrected chi connectivity index (χ0v) is 11.7. The molecule has 2 rings (SSSR count). The molecule has 0 spiro atoms. The minimum absolute atomic E-state index is 0.581. The van der Waals surface area contributed by atoms with E-state index < -0.39 is 0 Å². The number of rotatable bonds is 6. The third kappa shape index (κ3) is 3.95. The number of aryl methyl sites for hydroxylation is 1. The van der Waals surface area contributed by atoms with E-state index in [0.717, 1.165) is 36.6 Å². The highest BCUT2D eigenvalue weighted by atomic mass is 15.2. The van der Waals surface area contributed by atoms with Gasteiger partial charge in [0.25, 0.3) is 0 Å². The fourth-order valence-corrected chi connectivity index (χ4v) is 2.16. The van der Waals surface area contributed by atoms with E-state index in [1.54, 1.807) is 0 Å². The summed E-state index contributed by atoms with van der Waals surface area (Å²) in [7, 11) is 0. The van der Waals surface area contributed by atoms with Crippen molar-refractivity contribution in [1.29, 1.82) is 0 Å². The van der Waals surface area contributed by atoms with Crippen LogP contribution in [0, 0.1) is 12.8 Å². The largest absolute Gasteiger partial charge is 0.384 e. The Morgan fingerprint density at radius 2 is 2.11 bits per heavy atom. The highest BCUT2D eigenvalue weighted by Crippen LogP contribution is 2.28. The molecule has 1 saturated carbocycles. The van der Waals surface area contributed by atoms with Gasteiger partial charge in [0.05, 0.1) is 6.54 Å². The highest BCUT2D eigenvalue weighted by molar-refractivity contribution is 5.29. The average molecular weight is 248 g/mol. The Bertz CT molecular complexity index is 379. The van der Waals surface area contributed by atoms with Crippen LogP contribution >= 0.6 is 0 Å². The lowest BCUT2D eigenvalue weighted by atomic mass is 10.1. The second kappa shape index (κ2) is 5.65. The first-order valence-corrected chi connectivity index (χ1v) is 6.88. The standard InChI is InChI=1S/C14H24N4/c1-10(2)6-7-18(12-4-5-12)9-14-16-11(3)8-13(15)17-14/h8,10,12H,4-7,9H2,1-3H3,(H2,15,16,17). The number of hydrogen-bond donors (Lipinski definition) is 1. The molecule has 1 aromatic rings. The fraction of sp³-hybridized carbons (Fsp3) is 0.714. The van der Waals surface area contributed by atoms with Crippen LogP contribution in [0.2, 0.25) is 0 Å². The second-order valence-corrected chi connectivity index (χ2v) is 5.73. The third-order valence-corrected chi connectivity index (χ3v) is 3.32. The molecule has 4 nitrogen and oxygen atoms in total. The summed E-state index contributed by atoms with van der Waals surface area (Å²) in [5.41, 5.74) is 6.74. The van der Waals surface area contributed by atoms with Gasteiger partial charge in [-0.3, -0.25) is 4.90 Å². The molecule has 0 unspecified atom stereocenters. The van der Waals surface area contributed by atoms with E-state index in [9.17, 15) is 0 Å². The van der Waals surface area contributed by atoms with Gasteiger partial charge in [-0.25, -0.2) is 9.97 Å². The number of nitrogen functional groups attached to an aromatic ring is 1. The van der Waals surface area contributed by atoms with Gasteiger partial charge in [-0.15, -0.1) is 0 Å². The summed E-state index contributed by atoms with van der Waals surface area (Å²) >= 11 is 0. The molecule has 2 N–H and O–H groups in total. The summed E-state index contributed by atoms with van der Waals surface area (Å²) in [6, 6.07) is 2.56. The Hall–Kier alpha value is -1.16. The molecule has 1 aliphatic rings. The molecule has 1 fully saturated rings. The first-order valence-electron chi connectivity index (χ1n) is 6.88. The molecular formula is C14H24N4. The highest BCUT2D eigenvalue weighted by Gasteiger charge is 2.29. The summed E-state index contributed by atoms with van der Waals surface area (Å²) in [5, 5.41) is 0. The summed E-state index contributed by atoms with van der Waals surface area (Å²) in [6.07, 6.45) is 3.87. The van der Waals surface area contributed by atoms with E-state index in [4.69, 9.17) is 5.73 Å². The Labute approximate surface area is 110 Å². The van der Waals surface area contributed by atoms with Crippen molar-refractivity contribution in [2.24, 2.45) is 5.92 Å². The van der Waals surface area contributed by atoms with Crippen LogP contribution in [0.3, 0.4) is 0 Å². The molecule has 0 radical (unpaired) electrons. The lowest BCUT2D eigenvalue weighted by Gasteiger charge is -2.22. The van der Waals surface area contributed by atoms with E-state index >= 15 is 0 Å². The lowest BCUT2D eigenvalue weighted by Crippen LogP contribution is -2.28. The third-order valence-electron chi connectivity index (χ3n) is 3.32. The van der Waals surface area contributed by atoms with Crippen molar-refractivity contribution in [2.75, 3.05) is 12.3 Å². The maximum Gasteiger partial charge on any atom is 0.144 e. The van der Waals surface area contributed by atoms with Crippen LogP contribution in [0.1, 0.15) is 44.6 Å². The van der Waals surface area contributed by atoms with Crippen molar-refractivity contribution in [2.45, 2.75) is 52.6 Å². The normalized spacial score (nSPS) is 15.6. The van der Waals surface area contributed by atoms with Gasteiger partial charge < -0.3 is 5.73 Å². The van der Waals surface area contributed by atoms with Gasteiger partial charge in [0.1, 0.15) is 11.6 Å². The van der Waals surface area contributed by atoms with E-state index in [1.165, 1.54) is 19.3 Å². The van der Waals surface area contributed by atoms with E-state index in [1.807, 2.05) is 13.0 Å². The first-order chi connectivity index (χ1) is 8.54. The molecule has 0 aliphatic heterocycles. The molecule has 1 aliphatic carbocycles. The van der Waals surface area contributed by atoms with Crippen molar-refractivity contribution in [3.8, 4) is 0 Å². The number of aromatic nitrogens is 2. The topological polar surface area (TPSA) is 55.0 Å². The van der Waals surface area contributed by atoms with Gasteiger partial charge in [-0.2, -0.15) is 0 Å². The second-order valence-electron chi connectivity index (χ2n) is 5.73. The van der Waals surface area contributed by atoms with Crippen molar-refractivity contribution in [1.82, 2.24) is 14.9 Å². The van der Waals surface area contributed by atoms with Gasteiger partial charge in [0.2, 0.25) is 0 Å². The molecule has 1 heterocycles. The molecule has 0 saturated heterocycles. The number of nitrogens with two attached hydrogens (primary N) is 1. The summed E-state index contributed by atoms with van der Waals surface area (Å²) < 4.78 is 0. The van der Waals surface area contributed by atoms with Crippen LogP contribution in [0.25, 0.3) is 0 Å². The molecular weight excluding hydrogens is 224 g/mol. The molecule has 0 bridgehead atoms. The van der Waals surface area contributed by atoms with Gasteiger partial charge in [-0.05, 0) is 38.6 Å². The Balaban J connectivity index is 1.99. The summed E-state index contributed by atoms with van der Waals surface area (Å²) in [5.74, 6) is 2.19. The maximum absolute atomic E-state index is 5.78. The summed E-state index contributed by atoms with van der Waals surface area (Å²) in [4.78, 5) is 11.3. The Morgan fingerprint density at radius 1 is 1.39 bits per heavy atom. The van der Waals surface area contributed by atoms with Crippen LogP contribution in [0.5, 0.6) is 0 Å². The van der Waals surface area contributed by atoms with Crippen molar-refractivity contribution in [3.05, 3.63) is 17.6 Å². The van der Waals surface area contributed by atoms with E-state index in [0.29, 0.717) is 5.82 Å². The van der Waals surface area contributed by atoms with Gasteiger partial charge in [-0.1, -0.05) is 13.8 Å². The number of nitrogens with zero attached hydrogens (tertiary/aromatic N) is 3. The first kappa shape index (κ1) is 13.3. The van der Waals surface area contributed by atoms with Crippen LogP contribution in [-0.4, -0.2) is 27.5 Å². The summed E-state index contributed by atoms with van der Waals surface area (Å²) in [6.45, 7) is 8.48. The van der Waals surface area contributed by atoms with Gasteiger partial charge in [0, 0.05) is 17.8 Å². The predicted molar refractivity (Wildman–Crippen MR) is 74.1 cm³/mol. The van der Waals surface area contributed by atoms with Crippen molar-refractivity contribution < 1.29 is 0 Å². The van der Waals surface area contributed by atoms with E-state index in [-0.39, 0.29) is 0 Å². The zero-order valence-electron chi connectivity index (χ0n) is 11.7. The smallest absolute Gasteiger partial charge is 0.144 e.